The van der Waals surface area contributed by atoms with Crippen molar-refractivity contribution in [2.45, 2.75) is 57.5 Å². The Morgan fingerprint density at radius 3 is 2.57 bits per heavy atom. The first-order chi connectivity index (χ1) is 14.2. The molecule has 0 bridgehead atoms. The lowest BCUT2D eigenvalue weighted by Gasteiger charge is -2.38. The summed E-state index contributed by atoms with van der Waals surface area (Å²) < 4.78 is 57.9. The zero-order valence-corrected chi connectivity index (χ0v) is 16.8. The SMILES string of the molecule is CCOC(=O)C(CC)C1(C(F)(F)F)N[C@H]2CCN(C(=O)OCc3ccccc3)[C@H]2O1. The highest BCUT2D eigenvalue weighted by Crippen LogP contribution is 2.46. The van der Waals surface area contributed by atoms with Crippen LogP contribution in [0.15, 0.2) is 30.3 Å². The van der Waals surface area contributed by atoms with Crippen LogP contribution in [0.4, 0.5) is 18.0 Å². The monoisotopic (exact) mass is 430 g/mol. The van der Waals surface area contributed by atoms with Crippen LogP contribution in [0.5, 0.6) is 0 Å². The van der Waals surface area contributed by atoms with Crippen molar-refractivity contribution in [2.75, 3.05) is 13.2 Å². The normalized spacial score (nSPS) is 26.9. The van der Waals surface area contributed by atoms with Gasteiger partial charge in [-0.15, -0.1) is 0 Å². The average molecular weight is 430 g/mol. The van der Waals surface area contributed by atoms with Gasteiger partial charge in [0, 0.05) is 6.54 Å². The third-order valence-electron chi connectivity index (χ3n) is 5.37. The molecule has 2 aliphatic heterocycles. The molecule has 166 valence electrons. The Kier molecular flexibility index (Phi) is 6.56. The number of rotatable bonds is 6. The average Bonchev–Trinajstić information content (AvgIpc) is 3.26. The molecule has 1 aromatic carbocycles. The van der Waals surface area contributed by atoms with Gasteiger partial charge >= 0.3 is 18.2 Å². The number of fused-ring (bicyclic) bond motifs is 1. The molecule has 2 saturated heterocycles. The number of alkyl halides is 3. The van der Waals surface area contributed by atoms with Gasteiger partial charge in [0.1, 0.15) is 12.5 Å². The summed E-state index contributed by atoms with van der Waals surface area (Å²) in [6.07, 6.45) is -6.77. The number of likely N-dealkylation sites (tertiary alicyclic amines) is 1. The third kappa shape index (κ3) is 4.11. The molecule has 2 fully saturated rings. The summed E-state index contributed by atoms with van der Waals surface area (Å²) in [6.45, 7) is 3.10. The predicted molar refractivity (Wildman–Crippen MR) is 98.9 cm³/mol. The molecule has 7 nitrogen and oxygen atoms in total. The Balaban J connectivity index is 1.77. The first-order valence-electron chi connectivity index (χ1n) is 9.89. The number of carbonyl (C=O) groups is 2. The molecule has 1 amide bonds. The number of nitrogens with zero attached hydrogens (tertiary/aromatic N) is 1. The topological polar surface area (TPSA) is 77.1 Å². The van der Waals surface area contributed by atoms with Crippen molar-refractivity contribution in [2.24, 2.45) is 5.92 Å². The lowest BCUT2D eigenvalue weighted by Crippen LogP contribution is -2.63. The summed E-state index contributed by atoms with van der Waals surface area (Å²) >= 11 is 0. The van der Waals surface area contributed by atoms with Crippen molar-refractivity contribution >= 4 is 12.1 Å². The first kappa shape index (κ1) is 22.4. The maximum Gasteiger partial charge on any atom is 0.432 e. The van der Waals surface area contributed by atoms with Gasteiger partial charge in [-0.25, -0.2) is 4.79 Å². The minimum absolute atomic E-state index is 0.00812. The van der Waals surface area contributed by atoms with Crippen LogP contribution in [0, 0.1) is 5.92 Å². The highest BCUT2D eigenvalue weighted by atomic mass is 19.4. The van der Waals surface area contributed by atoms with Crippen LogP contribution in [0.1, 0.15) is 32.3 Å². The quantitative estimate of drug-likeness (QED) is 0.699. The molecule has 1 aromatic rings. The molecule has 1 N–H and O–H groups in total. The number of hydrogen-bond donors (Lipinski definition) is 1. The van der Waals surface area contributed by atoms with Crippen molar-refractivity contribution in [1.29, 1.82) is 0 Å². The zero-order chi connectivity index (χ0) is 21.9. The van der Waals surface area contributed by atoms with E-state index >= 15 is 0 Å². The van der Waals surface area contributed by atoms with E-state index in [2.05, 4.69) is 5.32 Å². The van der Waals surface area contributed by atoms with E-state index in [0.29, 0.717) is 0 Å². The molecule has 2 aliphatic rings. The van der Waals surface area contributed by atoms with Gasteiger partial charge in [0.25, 0.3) is 0 Å². The summed E-state index contributed by atoms with van der Waals surface area (Å²) in [4.78, 5) is 25.9. The maximum atomic E-state index is 14.1. The molecule has 4 atom stereocenters. The number of amides is 1. The van der Waals surface area contributed by atoms with E-state index in [-0.39, 0.29) is 32.6 Å². The van der Waals surface area contributed by atoms with Gasteiger partial charge in [-0.2, -0.15) is 13.2 Å². The Hall–Kier alpha value is -2.33. The highest BCUT2D eigenvalue weighted by molar-refractivity contribution is 5.74. The molecule has 0 aliphatic carbocycles. The molecule has 0 spiro atoms. The van der Waals surface area contributed by atoms with Crippen LogP contribution in [0.3, 0.4) is 0 Å². The second kappa shape index (κ2) is 8.81. The second-order valence-corrected chi connectivity index (χ2v) is 7.23. The number of nitrogens with one attached hydrogen (secondary N) is 1. The van der Waals surface area contributed by atoms with Gasteiger partial charge in [0.2, 0.25) is 5.72 Å². The van der Waals surface area contributed by atoms with Crippen molar-refractivity contribution in [3.05, 3.63) is 35.9 Å². The number of esters is 1. The fourth-order valence-corrected chi connectivity index (χ4v) is 3.94. The Morgan fingerprint density at radius 2 is 1.97 bits per heavy atom. The van der Waals surface area contributed by atoms with Crippen molar-refractivity contribution < 1.29 is 37.0 Å². The largest absolute Gasteiger partial charge is 0.466 e. The van der Waals surface area contributed by atoms with Gasteiger partial charge in [-0.05, 0) is 25.3 Å². The number of halogens is 3. The molecule has 2 heterocycles. The summed E-state index contributed by atoms with van der Waals surface area (Å²) in [6, 6.07) is 8.16. The van der Waals surface area contributed by atoms with Crippen LogP contribution < -0.4 is 5.32 Å². The van der Waals surface area contributed by atoms with E-state index in [1.165, 1.54) is 13.8 Å². The van der Waals surface area contributed by atoms with Crippen LogP contribution >= 0.6 is 0 Å². The molecular formula is C20H25F3N2O5. The fourth-order valence-electron chi connectivity index (χ4n) is 3.94. The molecule has 0 aromatic heterocycles. The number of ether oxygens (including phenoxy) is 3. The molecular weight excluding hydrogens is 405 g/mol. The maximum absolute atomic E-state index is 14.1. The van der Waals surface area contributed by atoms with Crippen molar-refractivity contribution in [3.8, 4) is 0 Å². The van der Waals surface area contributed by atoms with Crippen molar-refractivity contribution in [3.63, 3.8) is 0 Å². The molecule has 0 saturated carbocycles. The molecule has 0 radical (unpaired) electrons. The van der Waals surface area contributed by atoms with E-state index < -0.39 is 42.2 Å². The molecule has 10 heteroatoms. The zero-order valence-electron chi connectivity index (χ0n) is 16.8. The van der Waals surface area contributed by atoms with Crippen LogP contribution in [-0.2, 0) is 25.6 Å². The fraction of sp³-hybridized carbons (Fsp3) is 0.600. The summed E-state index contributed by atoms with van der Waals surface area (Å²) in [5.74, 6) is -2.60. The second-order valence-electron chi connectivity index (χ2n) is 7.23. The van der Waals surface area contributed by atoms with Gasteiger partial charge in [0.05, 0.1) is 12.6 Å². The Labute approximate surface area is 172 Å². The van der Waals surface area contributed by atoms with Gasteiger partial charge in [-0.1, -0.05) is 37.3 Å². The smallest absolute Gasteiger partial charge is 0.432 e. The number of hydrogen-bond acceptors (Lipinski definition) is 6. The van der Waals surface area contributed by atoms with Crippen LogP contribution in [-0.4, -0.2) is 54.3 Å². The van der Waals surface area contributed by atoms with Gasteiger partial charge in [0.15, 0.2) is 6.23 Å². The third-order valence-corrected chi connectivity index (χ3v) is 5.37. The van der Waals surface area contributed by atoms with E-state index in [4.69, 9.17) is 14.2 Å². The van der Waals surface area contributed by atoms with E-state index in [0.717, 1.165) is 10.5 Å². The van der Waals surface area contributed by atoms with Gasteiger partial charge < -0.3 is 14.2 Å². The summed E-state index contributed by atoms with van der Waals surface area (Å²) in [7, 11) is 0. The van der Waals surface area contributed by atoms with Crippen LogP contribution in [0.25, 0.3) is 0 Å². The summed E-state index contributed by atoms with van der Waals surface area (Å²) in [5.41, 5.74) is -2.17. The minimum Gasteiger partial charge on any atom is -0.466 e. The number of benzene rings is 1. The van der Waals surface area contributed by atoms with Crippen molar-refractivity contribution in [1.82, 2.24) is 10.2 Å². The lowest BCUT2D eigenvalue weighted by molar-refractivity contribution is -0.305. The van der Waals surface area contributed by atoms with E-state index in [1.54, 1.807) is 24.3 Å². The number of carbonyl (C=O) groups excluding carboxylic acids is 2. The highest BCUT2D eigenvalue weighted by Gasteiger charge is 2.70. The molecule has 3 rings (SSSR count). The van der Waals surface area contributed by atoms with E-state index in [9.17, 15) is 22.8 Å². The lowest BCUT2D eigenvalue weighted by atomic mass is 9.92. The Morgan fingerprint density at radius 1 is 1.27 bits per heavy atom. The Bertz CT molecular complexity index is 761. The molecule has 30 heavy (non-hydrogen) atoms. The summed E-state index contributed by atoms with van der Waals surface area (Å²) in [5, 5.41) is 2.46. The minimum atomic E-state index is -4.90. The standard InChI is InChI=1S/C20H25F3N2O5/c1-3-14(17(26)28-4-2)19(20(21,22)23)24-15-10-11-25(16(15)30-19)18(27)29-12-13-8-6-5-7-9-13/h5-9,14-16,24H,3-4,10-12H2,1-2H3/t14?,15-,16-,19?/m0/s1. The van der Waals surface area contributed by atoms with Gasteiger partial charge in [-0.3, -0.25) is 15.0 Å². The van der Waals surface area contributed by atoms with E-state index in [1.807, 2.05) is 6.07 Å². The predicted octanol–water partition coefficient (Wildman–Crippen LogP) is 3.19. The van der Waals surface area contributed by atoms with Crippen LogP contribution in [0.2, 0.25) is 0 Å². The molecule has 2 unspecified atom stereocenters. The first-order valence-corrected chi connectivity index (χ1v) is 9.89.